The van der Waals surface area contributed by atoms with Gasteiger partial charge in [-0.3, -0.25) is 4.79 Å². The van der Waals surface area contributed by atoms with Crippen molar-refractivity contribution in [3.8, 4) is 0 Å². The lowest BCUT2D eigenvalue weighted by Gasteiger charge is -2.10. The van der Waals surface area contributed by atoms with Crippen molar-refractivity contribution in [2.45, 2.75) is 33.7 Å². The van der Waals surface area contributed by atoms with Crippen LogP contribution in [0.25, 0.3) is 10.9 Å². The zero-order valence-corrected chi connectivity index (χ0v) is 14.2. The Kier molecular flexibility index (Phi) is 5.86. The second-order valence-electron chi connectivity index (χ2n) is 5.19. The van der Waals surface area contributed by atoms with E-state index < -0.39 is 0 Å². The van der Waals surface area contributed by atoms with Gasteiger partial charge in [-0.05, 0) is 51.0 Å². The smallest absolute Gasteiger partial charge is 0.268 e. The summed E-state index contributed by atoms with van der Waals surface area (Å²) >= 11 is 6.08. The predicted molar refractivity (Wildman–Crippen MR) is 90.8 cm³/mol. The fraction of sp³-hybridized carbons (Fsp3) is 0.471. The predicted octanol–water partition coefficient (Wildman–Crippen LogP) is 3.78. The van der Waals surface area contributed by atoms with Gasteiger partial charge in [0.05, 0.1) is 0 Å². The SMILES string of the molecule is CCOCCCNC(=O)c1c(C)c2cc(Cl)ccc2n1CC. The molecule has 1 amide bonds. The molecule has 1 aromatic carbocycles. The fourth-order valence-corrected chi connectivity index (χ4v) is 2.89. The number of halogens is 1. The second kappa shape index (κ2) is 7.65. The molecule has 2 rings (SSSR count). The third-order valence-electron chi connectivity index (χ3n) is 3.76. The first-order valence-electron chi connectivity index (χ1n) is 7.74. The topological polar surface area (TPSA) is 43.3 Å². The highest BCUT2D eigenvalue weighted by Crippen LogP contribution is 2.28. The zero-order chi connectivity index (χ0) is 16.1. The molecule has 22 heavy (non-hydrogen) atoms. The van der Waals surface area contributed by atoms with Crippen molar-refractivity contribution in [3.05, 3.63) is 34.5 Å². The number of nitrogens with zero attached hydrogens (tertiary/aromatic N) is 1. The summed E-state index contributed by atoms with van der Waals surface area (Å²) in [6.45, 7) is 8.71. The van der Waals surface area contributed by atoms with E-state index in [1.54, 1.807) is 0 Å². The fourth-order valence-electron chi connectivity index (χ4n) is 2.72. The van der Waals surface area contributed by atoms with Crippen molar-refractivity contribution in [2.75, 3.05) is 19.8 Å². The molecule has 0 aliphatic heterocycles. The van der Waals surface area contributed by atoms with Gasteiger partial charge in [-0.1, -0.05) is 11.6 Å². The molecule has 0 aliphatic rings. The van der Waals surface area contributed by atoms with E-state index in [0.29, 0.717) is 24.8 Å². The van der Waals surface area contributed by atoms with Crippen LogP contribution in [-0.2, 0) is 11.3 Å². The first-order valence-corrected chi connectivity index (χ1v) is 8.12. The monoisotopic (exact) mass is 322 g/mol. The van der Waals surface area contributed by atoms with E-state index in [1.807, 2.05) is 43.5 Å². The highest BCUT2D eigenvalue weighted by Gasteiger charge is 2.19. The third kappa shape index (κ3) is 3.45. The number of carbonyl (C=O) groups is 1. The maximum absolute atomic E-state index is 12.5. The standard InChI is InChI=1S/C17H23ClN2O2/c1-4-20-15-8-7-13(18)11-14(15)12(3)16(20)17(21)19-9-6-10-22-5-2/h7-8,11H,4-6,9-10H2,1-3H3,(H,19,21). The average molecular weight is 323 g/mol. The van der Waals surface area contributed by atoms with Crippen molar-refractivity contribution in [3.63, 3.8) is 0 Å². The van der Waals surface area contributed by atoms with E-state index in [1.165, 1.54) is 0 Å². The molecular weight excluding hydrogens is 300 g/mol. The molecule has 0 fully saturated rings. The van der Waals surface area contributed by atoms with Gasteiger partial charge in [0.2, 0.25) is 0 Å². The van der Waals surface area contributed by atoms with Crippen molar-refractivity contribution >= 4 is 28.4 Å². The molecule has 4 nitrogen and oxygen atoms in total. The normalized spacial score (nSPS) is 11.1. The van der Waals surface area contributed by atoms with Gasteiger partial charge in [0.1, 0.15) is 5.69 Å². The number of amides is 1. The molecular formula is C17H23ClN2O2. The Morgan fingerprint density at radius 3 is 2.82 bits per heavy atom. The molecule has 0 saturated heterocycles. The van der Waals surface area contributed by atoms with Crippen LogP contribution in [0.2, 0.25) is 5.02 Å². The van der Waals surface area contributed by atoms with Crippen LogP contribution in [0, 0.1) is 6.92 Å². The van der Waals surface area contributed by atoms with Gasteiger partial charge >= 0.3 is 0 Å². The third-order valence-corrected chi connectivity index (χ3v) is 4.00. The number of aryl methyl sites for hydroxylation is 2. The number of aromatic nitrogens is 1. The van der Waals surface area contributed by atoms with Gasteiger partial charge in [0, 0.05) is 42.2 Å². The molecule has 1 N–H and O–H groups in total. The van der Waals surface area contributed by atoms with E-state index in [2.05, 4.69) is 5.32 Å². The molecule has 1 heterocycles. The number of fused-ring (bicyclic) bond motifs is 1. The van der Waals surface area contributed by atoms with Crippen LogP contribution in [0.15, 0.2) is 18.2 Å². The number of hydrogen-bond donors (Lipinski definition) is 1. The summed E-state index contributed by atoms with van der Waals surface area (Å²) in [7, 11) is 0. The summed E-state index contributed by atoms with van der Waals surface area (Å²) in [5.74, 6) is -0.0387. The number of nitrogens with one attached hydrogen (secondary N) is 1. The Morgan fingerprint density at radius 1 is 1.36 bits per heavy atom. The molecule has 120 valence electrons. The number of benzene rings is 1. The summed E-state index contributed by atoms with van der Waals surface area (Å²) < 4.78 is 7.32. The van der Waals surface area contributed by atoms with E-state index >= 15 is 0 Å². The van der Waals surface area contributed by atoms with E-state index in [0.717, 1.165) is 35.1 Å². The minimum Gasteiger partial charge on any atom is -0.382 e. The van der Waals surface area contributed by atoms with Gasteiger partial charge in [-0.2, -0.15) is 0 Å². The van der Waals surface area contributed by atoms with Crippen LogP contribution in [0.4, 0.5) is 0 Å². The van der Waals surface area contributed by atoms with Gasteiger partial charge < -0.3 is 14.6 Å². The average Bonchev–Trinajstić information content (AvgIpc) is 2.79. The van der Waals surface area contributed by atoms with Crippen LogP contribution >= 0.6 is 11.6 Å². The van der Waals surface area contributed by atoms with E-state index in [-0.39, 0.29) is 5.91 Å². The number of ether oxygens (including phenoxy) is 1. The minimum absolute atomic E-state index is 0.0387. The number of carbonyl (C=O) groups excluding carboxylic acids is 1. The maximum Gasteiger partial charge on any atom is 0.268 e. The van der Waals surface area contributed by atoms with E-state index in [4.69, 9.17) is 16.3 Å². The molecule has 0 saturated carbocycles. The zero-order valence-electron chi connectivity index (χ0n) is 13.4. The summed E-state index contributed by atoms with van der Waals surface area (Å²) in [5, 5.41) is 4.70. The van der Waals surface area contributed by atoms with Gasteiger partial charge in [0.25, 0.3) is 5.91 Å². The number of hydrogen-bond acceptors (Lipinski definition) is 2. The van der Waals surface area contributed by atoms with Crippen molar-refractivity contribution in [1.82, 2.24) is 9.88 Å². The van der Waals surface area contributed by atoms with Gasteiger partial charge in [0.15, 0.2) is 0 Å². The van der Waals surface area contributed by atoms with Crippen LogP contribution in [0.3, 0.4) is 0 Å². The van der Waals surface area contributed by atoms with Gasteiger partial charge in [-0.25, -0.2) is 0 Å². The van der Waals surface area contributed by atoms with Crippen molar-refractivity contribution in [1.29, 1.82) is 0 Å². The minimum atomic E-state index is -0.0387. The lowest BCUT2D eigenvalue weighted by atomic mass is 10.1. The summed E-state index contributed by atoms with van der Waals surface area (Å²) in [6.07, 6.45) is 0.816. The largest absolute Gasteiger partial charge is 0.382 e. The molecule has 2 aromatic rings. The summed E-state index contributed by atoms with van der Waals surface area (Å²) in [4.78, 5) is 12.5. The first-order chi connectivity index (χ1) is 10.6. The van der Waals surface area contributed by atoms with Crippen LogP contribution in [0.1, 0.15) is 36.3 Å². The lowest BCUT2D eigenvalue weighted by Crippen LogP contribution is -2.28. The molecule has 1 aromatic heterocycles. The quantitative estimate of drug-likeness (QED) is 0.788. The van der Waals surface area contributed by atoms with Crippen LogP contribution in [-0.4, -0.2) is 30.2 Å². The van der Waals surface area contributed by atoms with Crippen molar-refractivity contribution < 1.29 is 9.53 Å². The highest BCUT2D eigenvalue weighted by molar-refractivity contribution is 6.31. The summed E-state index contributed by atoms with van der Waals surface area (Å²) in [6, 6.07) is 5.75. The Balaban J connectivity index is 2.22. The molecule has 0 spiro atoms. The maximum atomic E-state index is 12.5. The molecule has 0 aliphatic carbocycles. The van der Waals surface area contributed by atoms with Crippen LogP contribution in [0.5, 0.6) is 0 Å². The summed E-state index contributed by atoms with van der Waals surface area (Å²) in [5.41, 5.74) is 2.74. The molecule has 0 bridgehead atoms. The Hall–Kier alpha value is -1.52. The molecule has 5 heteroatoms. The number of rotatable bonds is 7. The Labute approximate surface area is 136 Å². The highest BCUT2D eigenvalue weighted by atomic mass is 35.5. The molecule has 0 unspecified atom stereocenters. The first kappa shape index (κ1) is 16.8. The van der Waals surface area contributed by atoms with Gasteiger partial charge in [-0.15, -0.1) is 0 Å². The van der Waals surface area contributed by atoms with E-state index in [9.17, 15) is 4.79 Å². The Bertz CT molecular complexity index is 664. The molecule has 0 atom stereocenters. The van der Waals surface area contributed by atoms with Crippen molar-refractivity contribution in [2.24, 2.45) is 0 Å². The second-order valence-corrected chi connectivity index (χ2v) is 5.62. The molecule has 0 radical (unpaired) electrons. The lowest BCUT2D eigenvalue weighted by molar-refractivity contribution is 0.0935. The Morgan fingerprint density at radius 2 is 2.14 bits per heavy atom. The van der Waals surface area contributed by atoms with Crippen LogP contribution < -0.4 is 5.32 Å².